The molecule has 15 nitrogen and oxygen atoms in total. The average Bonchev–Trinajstić information content (AvgIpc) is 4.11. The van der Waals surface area contributed by atoms with Crippen LogP contribution < -0.4 is 48.4 Å². The van der Waals surface area contributed by atoms with Crippen LogP contribution in [0.3, 0.4) is 0 Å². The molecule has 0 atom stereocenters. The van der Waals surface area contributed by atoms with E-state index in [4.69, 9.17) is 48.6 Å². The summed E-state index contributed by atoms with van der Waals surface area (Å²) in [6.07, 6.45) is 3.59. The van der Waals surface area contributed by atoms with E-state index in [-0.39, 0.29) is 133 Å². The molecule has 71 heavy (non-hydrogen) atoms. The van der Waals surface area contributed by atoms with E-state index in [0.717, 1.165) is 56.6 Å². The number of rotatable bonds is 12. The second-order valence-electron chi connectivity index (χ2n) is 10.3. The van der Waals surface area contributed by atoms with Crippen molar-refractivity contribution in [1.29, 1.82) is 0 Å². The Bertz CT molecular complexity index is 2010. The molecule has 4 heterocycles. The summed E-state index contributed by atoms with van der Waals surface area (Å²) in [5.41, 5.74) is 0. The minimum atomic E-state index is -3.54. The third-order valence-corrected chi connectivity index (χ3v) is 11.7. The van der Waals surface area contributed by atoms with Gasteiger partial charge < -0.3 is 26.6 Å². The van der Waals surface area contributed by atoms with Gasteiger partial charge in [-0.2, -0.15) is 73.5 Å². The molecule has 0 aliphatic rings. The van der Waals surface area contributed by atoms with Gasteiger partial charge in [-0.25, -0.2) is 9.59 Å². The van der Waals surface area contributed by atoms with Crippen LogP contribution in [0.15, 0.2) is 57.7 Å². The number of thiophene rings is 4. The summed E-state index contributed by atoms with van der Waals surface area (Å²) in [4.78, 5) is 85.3. The number of esters is 2. The summed E-state index contributed by atoms with van der Waals surface area (Å²) in [5, 5.41) is 18.2. The zero-order chi connectivity index (χ0) is 52.6. The Balaban J connectivity index is -0.0000000673. The van der Waals surface area contributed by atoms with E-state index in [0.29, 0.717) is 6.42 Å². The number of hydrogen-bond acceptors (Lipinski definition) is 19. The zero-order valence-electron chi connectivity index (χ0n) is 39.2. The van der Waals surface area contributed by atoms with Crippen molar-refractivity contribution < 1.29 is 175 Å². The molecular formula is C38H42BBr2CuF8LiNaO15S4. The predicted molar refractivity (Wildman–Crippen MR) is 235 cm³/mol. The van der Waals surface area contributed by atoms with Crippen molar-refractivity contribution in [1.82, 2.24) is 0 Å². The van der Waals surface area contributed by atoms with Gasteiger partial charge in [0.15, 0.2) is 0 Å². The van der Waals surface area contributed by atoms with Crippen molar-refractivity contribution in [3.05, 3.63) is 87.0 Å². The molecule has 33 heteroatoms. The Morgan fingerprint density at radius 3 is 1.18 bits per heavy atom. The summed E-state index contributed by atoms with van der Waals surface area (Å²) < 4.78 is 110. The fourth-order valence-electron chi connectivity index (χ4n) is 3.22. The number of aliphatic hydroxyl groups excluding tert-OH is 2. The van der Waals surface area contributed by atoms with Crippen LogP contribution in [-0.4, -0.2) is 91.9 Å². The molecule has 4 rings (SSSR count). The molecule has 0 spiro atoms. The number of halogens is 10. The van der Waals surface area contributed by atoms with E-state index in [1.165, 1.54) is 46.8 Å². The van der Waals surface area contributed by atoms with Gasteiger partial charge in [0.05, 0.1) is 31.6 Å². The van der Waals surface area contributed by atoms with Crippen molar-refractivity contribution in [2.45, 2.75) is 76.5 Å². The molecule has 4 radical (unpaired) electrons. The summed E-state index contributed by atoms with van der Waals surface area (Å²) in [6, 6.07) is 13.0. The second kappa shape index (κ2) is 54.0. The van der Waals surface area contributed by atoms with E-state index >= 15 is 0 Å². The maximum Gasteiger partial charge on any atom is 1.00 e. The van der Waals surface area contributed by atoms with Crippen molar-refractivity contribution in [2.75, 3.05) is 26.4 Å². The van der Waals surface area contributed by atoms with Gasteiger partial charge in [0.1, 0.15) is 13.2 Å². The van der Waals surface area contributed by atoms with E-state index in [1.807, 2.05) is 29.8 Å². The fourth-order valence-corrected chi connectivity index (χ4v) is 7.28. The van der Waals surface area contributed by atoms with Crippen LogP contribution in [0.25, 0.3) is 0 Å². The SMILES string of the molecule is CCOC(=O)C(F)(F)Br.CCOC(=O)C(F)(F)c1ccc(CC)s1.CCc1ccc(Br)s1.CCc1ccc(C(F)(F)CO)s1.O=C=O.O=C=O.O=C=O.O=C=O.OCC(F)(F)c1cccs1.[B].[Cu].[H-].[Li+].[Na+].[OH-]. The number of carbonyl (C=O) groups excluding carboxylic acids is 10. The van der Waals surface area contributed by atoms with E-state index in [2.05, 4.69) is 44.5 Å². The van der Waals surface area contributed by atoms with Crippen LogP contribution in [0.4, 0.5) is 35.1 Å². The normalized spacial score (nSPS) is 9.08. The largest absolute Gasteiger partial charge is 1.00 e. The van der Waals surface area contributed by atoms with Crippen molar-refractivity contribution in [2.24, 2.45) is 0 Å². The van der Waals surface area contributed by atoms with Gasteiger partial charge in [-0.3, -0.25) is 0 Å². The first-order valence-electron chi connectivity index (χ1n) is 17.5. The standard InChI is InChI=1S/C10H12F2O2S.C8H10F2OS.C6H7BrS.C6H6F2OS.C4H5BrF2O2.4CO2.B.Cu.Li.Na.H2O.H/c1-3-7-5-6-8(15-7)10(11,12)9(13)14-4-2;1-2-6-3-4-7(12-6)8(9,10)5-11;1-2-5-3-4-6(7)8-5;7-6(8,4-9)5-2-1-3-10-5;1-2-9-3(8)4(5,6)7;4*2-1-3;;;;;;/h5-6H,3-4H2,1-2H3;3-4,11H,2,5H2,1H3;3-4H,2H2,1H3;1-3,9H,4H2;2H2,1H3;;;;;;;;;1H2;/q;;;;;;;;;;;2*+1;;-1/p-1. The first kappa shape index (κ1) is 91.4. The molecule has 4 aromatic rings. The molecule has 0 aromatic carbocycles. The third-order valence-electron chi connectivity index (χ3n) is 5.99. The van der Waals surface area contributed by atoms with E-state index in [9.17, 15) is 44.7 Å². The molecule has 0 aliphatic carbocycles. The van der Waals surface area contributed by atoms with Crippen LogP contribution in [0, 0.1) is 0 Å². The van der Waals surface area contributed by atoms with Crippen LogP contribution in [-0.2, 0) is 112 Å². The Morgan fingerprint density at radius 1 is 0.606 bits per heavy atom. The van der Waals surface area contributed by atoms with Gasteiger partial charge in [-0.05, 0) is 96.9 Å². The van der Waals surface area contributed by atoms with Gasteiger partial charge in [-0.1, -0.05) is 26.8 Å². The smallest absolute Gasteiger partial charge is 1.00 e. The Kier molecular flexibility index (Phi) is 69.5. The van der Waals surface area contributed by atoms with Crippen LogP contribution in [0.5, 0.6) is 0 Å². The number of hydrogen-bond donors (Lipinski definition) is 2. The molecule has 0 bridgehead atoms. The summed E-state index contributed by atoms with van der Waals surface area (Å²) in [6.45, 7) is 6.59. The Morgan fingerprint density at radius 2 is 0.930 bits per heavy atom. The quantitative estimate of drug-likeness (QED) is 0.0895. The topological polar surface area (TPSA) is 260 Å². The van der Waals surface area contributed by atoms with Crippen molar-refractivity contribution in [3.8, 4) is 0 Å². The molecule has 0 aliphatic heterocycles. The fraction of sp³-hybridized carbons (Fsp3) is 0.421. The molecule has 394 valence electrons. The molecular weight excluding hydrogens is 1240 g/mol. The number of aliphatic hydroxyl groups is 2. The first-order valence-corrected chi connectivity index (χ1v) is 22.4. The Hall–Kier alpha value is -2.28. The molecule has 3 N–H and O–H groups in total. The zero-order valence-corrected chi connectivity index (χ0v) is 47.6. The van der Waals surface area contributed by atoms with Crippen molar-refractivity contribution in [3.63, 3.8) is 0 Å². The monoisotopic (exact) mass is 1280 g/mol. The van der Waals surface area contributed by atoms with Crippen LogP contribution in [0.2, 0.25) is 0 Å². The maximum absolute atomic E-state index is 13.4. The van der Waals surface area contributed by atoms with Gasteiger partial charge in [0.25, 0.3) is 0 Å². The van der Waals surface area contributed by atoms with Crippen molar-refractivity contribution >= 4 is 122 Å². The number of aryl methyl sites for hydroxylation is 3. The van der Waals surface area contributed by atoms with E-state index in [1.54, 1.807) is 28.8 Å². The third kappa shape index (κ3) is 46.0. The summed E-state index contributed by atoms with van der Waals surface area (Å²) in [7, 11) is 0. The van der Waals surface area contributed by atoms with Gasteiger partial charge in [-0.15, -0.1) is 45.3 Å². The average molecular weight is 1280 g/mol. The van der Waals surface area contributed by atoms with Crippen LogP contribution in [0.1, 0.15) is 65.3 Å². The predicted octanol–water partition coefficient (Wildman–Crippen LogP) is 3.03. The summed E-state index contributed by atoms with van der Waals surface area (Å²) >= 11 is 9.97. The first-order chi connectivity index (χ1) is 30.7. The van der Waals surface area contributed by atoms with Gasteiger partial charge in [0.2, 0.25) is 0 Å². The molecule has 0 fully saturated rings. The minimum Gasteiger partial charge on any atom is -1.00 e. The Labute approximate surface area is 482 Å². The minimum absolute atomic E-state index is 0. The number of ether oxygens (including phenoxy) is 2. The molecule has 0 saturated heterocycles. The second-order valence-corrected chi connectivity index (χ2v) is 17.2. The van der Waals surface area contributed by atoms with Gasteiger partial charge in [0, 0.05) is 56.0 Å². The van der Waals surface area contributed by atoms with Crippen LogP contribution >= 0.6 is 77.2 Å². The maximum atomic E-state index is 13.4. The van der Waals surface area contributed by atoms with E-state index < -0.39 is 47.8 Å². The molecule has 0 amide bonds. The molecule has 0 unspecified atom stereocenters. The molecule has 0 saturated carbocycles. The number of alkyl halides is 9. The number of carbonyl (C=O) groups is 2. The summed E-state index contributed by atoms with van der Waals surface area (Å²) in [5.74, 6) is -12.7. The van der Waals surface area contributed by atoms with Gasteiger partial charge >= 0.3 is 108 Å². The molecule has 4 aromatic heterocycles.